The van der Waals surface area contributed by atoms with Gasteiger partial charge in [-0.1, -0.05) is 18.2 Å². The van der Waals surface area contributed by atoms with Crippen molar-refractivity contribution in [3.05, 3.63) is 94.9 Å². The molecule has 6 rings (SSSR count). The van der Waals surface area contributed by atoms with Crippen LogP contribution in [0.25, 0.3) is 33.1 Å². The van der Waals surface area contributed by atoms with E-state index in [9.17, 15) is 18.8 Å². The number of nitriles is 1. The maximum atomic E-state index is 13.5. The molecule has 1 N–H and O–H groups in total. The molecule has 200 valence electrons. The number of amides is 1. The summed E-state index contributed by atoms with van der Waals surface area (Å²) in [5, 5.41) is 14.1. The van der Waals surface area contributed by atoms with E-state index in [0.29, 0.717) is 40.0 Å². The van der Waals surface area contributed by atoms with E-state index < -0.39 is 11.8 Å². The Balaban J connectivity index is 1.26. The van der Waals surface area contributed by atoms with E-state index in [1.54, 1.807) is 25.4 Å². The van der Waals surface area contributed by atoms with Gasteiger partial charge in [0.1, 0.15) is 5.41 Å². The number of fused-ring (bicyclic) bond motifs is 3. The quantitative estimate of drug-likeness (QED) is 0.298. The van der Waals surface area contributed by atoms with Crippen LogP contribution in [0.1, 0.15) is 46.2 Å². The Morgan fingerprint density at radius 3 is 2.85 bits per heavy atom. The van der Waals surface area contributed by atoms with E-state index in [2.05, 4.69) is 16.4 Å². The number of halogens is 2. The van der Waals surface area contributed by atoms with Gasteiger partial charge in [0, 0.05) is 40.7 Å². The number of aryl methyl sites for hydroxylation is 1. The summed E-state index contributed by atoms with van der Waals surface area (Å²) in [4.78, 5) is 22.3. The van der Waals surface area contributed by atoms with Crippen molar-refractivity contribution in [2.45, 2.75) is 31.9 Å². The first-order valence-corrected chi connectivity index (χ1v) is 12.8. The van der Waals surface area contributed by atoms with E-state index in [1.165, 1.54) is 10.6 Å². The van der Waals surface area contributed by atoms with Crippen molar-refractivity contribution in [3.8, 4) is 17.3 Å². The average Bonchev–Trinajstić information content (AvgIpc) is 3.32. The zero-order valence-electron chi connectivity index (χ0n) is 21.9. The fourth-order valence-corrected chi connectivity index (χ4v) is 5.28. The second-order valence-corrected chi connectivity index (χ2v) is 10.2. The highest BCUT2D eigenvalue weighted by Crippen LogP contribution is 2.34. The minimum atomic E-state index is -2.58. The lowest BCUT2D eigenvalue weighted by atomic mass is 9.79. The zero-order chi connectivity index (χ0) is 28.0. The summed E-state index contributed by atoms with van der Waals surface area (Å²) < 4.78 is 34.1. The number of pyridine rings is 2. The van der Waals surface area contributed by atoms with Crippen molar-refractivity contribution in [1.29, 1.82) is 5.26 Å². The number of nitrogens with zero attached hydrogens (tertiary/aromatic N) is 4. The van der Waals surface area contributed by atoms with Crippen LogP contribution < -0.4 is 5.32 Å². The van der Waals surface area contributed by atoms with Gasteiger partial charge in [-0.2, -0.15) is 5.26 Å². The van der Waals surface area contributed by atoms with Crippen molar-refractivity contribution in [2.75, 3.05) is 6.61 Å². The van der Waals surface area contributed by atoms with Crippen molar-refractivity contribution < 1.29 is 18.3 Å². The monoisotopic (exact) mass is 537 g/mol. The molecule has 2 aromatic carbocycles. The minimum absolute atomic E-state index is 0.0463. The number of benzene rings is 2. The van der Waals surface area contributed by atoms with Crippen LogP contribution in [0.4, 0.5) is 8.78 Å². The summed E-state index contributed by atoms with van der Waals surface area (Å²) in [5.74, 6) is -0.274. The van der Waals surface area contributed by atoms with Crippen LogP contribution in [0.3, 0.4) is 0 Å². The molecule has 3 aromatic heterocycles. The molecule has 1 aliphatic rings. The Hall–Kier alpha value is -4.68. The molecule has 0 spiro atoms. The highest BCUT2D eigenvalue weighted by molar-refractivity contribution is 5.97. The number of hydrogen-bond acceptors (Lipinski definition) is 5. The molecule has 7 nitrogen and oxygen atoms in total. The zero-order valence-corrected chi connectivity index (χ0v) is 21.9. The number of ether oxygens (including phenoxy) is 1. The molecule has 0 aliphatic carbocycles. The van der Waals surface area contributed by atoms with E-state index in [0.717, 1.165) is 22.1 Å². The summed E-state index contributed by atoms with van der Waals surface area (Å²) in [6, 6.07) is 20.2. The molecule has 0 fully saturated rings. The Morgan fingerprint density at radius 2 is 2.05 bits per heavy atom. The molecule has 0 unspecified atom stereocenters. The highest BCUT2D eigenvalue weighted by atomic mass is 19.3. The van der Waals surface area contributed by atoms with Crippen LogP contribution in [-0.4, -0.2) is 27.0 Å². The van der Waals surface area contributed by atoms with Crippen molar-refractivity contribution in [3.63, 3.8) is 0 Å². The molecular formula is C31H25F2N5O2. The average molecular weight is 538 g/mol. The summed E-state index contributed by atoms with van der Waals surface area (Å²) >= 11 is 0. The number of carbonyl (C=O) groups is 1. The third kappa shape index (κ3) is 4.36. The Morgan fingerprint density at radius 1 is 1.20 bits per heavy atom. The normalized spacial score (nSPS) is 16.7. The van der Waals surface area contributed by atoms with Gasteiger partial charge in [-0.25, -0.2) is 13.8 Å². The van der Waals surface area contributed by atoms with Gasteiger partial charge in [-0.05, 0) is 60.5 Å². The van der Waals surface area contributed by atoms with Gasteiger partial charge < -0.3 is 14.6 Å². The number of hydrogen-bond donors (Lipinski definition) is 1. The van der Waals surface area contributed by atoms with Gasteiger partial charge in [0.15, 0.2) is 0 Å². The third-order valence-electron chi connectivity index (χ3n) is 7.55. The Kier molecular flexibility index (Phi) is 6.28. The molecule has 5 aromatic rings. The summed E-state index contributed by atoms with van der Waals surface area (Å²) in [6.45, 7) is 2.69. The first kappa shape index (κ1) is 25.6. The largest absolute Gasteiger partial charge is 0.375 e. The van der Waals surface area contributed by atoms with Gasteiger partial charge in [0.05, 0.1) is 48.4 Å². The predicted octanol–water partition coefficient (Wildman–Crippen LogP) is 5.97. The molecule has 0 saturated heterocycles. The predicted molar refractivity (Wildman–Crippen MR) is 147 cm³/mol. The van der Waals surface area contributed by atoms with Crippen molar-refractivity contribution in [2.24, 2.45) is 7.05 Å². The number of carbonyl (C=O) groups excluding carboxylic acids is 1. The highest BCUT2D eigenvalue weighted by Gasteiger charge is 2.33. The van der Waals surface area contributed by atoms with Gasteiger partial charge in [0.25, 0.3) is 12.3 Å². The number of rotatable bonds is 5. The lowest BCUT2D eigenvalue weighted by Crippen LogP contribution is -2.33. The van der Waals surface area contributed by atoms with Crippen LogP contribution in [0, 0.1) is 11.3 Å². The molecule has 0 radical (unpaired) electrons. The van der Waals surface area contributed by atoms with E-state index in [1.807, 2.05) is 49.4 Å². The van der Waals surface area contributed by atoms with Crippen molar-refractivity contribution >= 4 is 27.7 Å². The molecule has 1 aliphatic heterocycles. The summed E-state index contributed by atoms with van der Waals surface area (Å²) in [6.07, 6.45) is -0.882. The van der Waals surface area contributed by atoms with Gasteiger partial charge in [0.2, 0.25) is 0 Å². The molecule has 40 heavy (non-hydrogen) atoms. The Labute approximate surface area is 229 Å². The molecule has 0 bridgehead atoms. The topological polar surface area (TPSA) is 92.8 Å². The number of nitrogens with one attached hydrogen (secondary N) is 1. The molecule has 1 amide bonds. The second kappa shape index (κ2) is 9.81. The molecular weight excluding hydrogens is 512 g/mol. The third-order valence-corrected chi connectivity index (χ3v) is 7.55. The van der Waals surface area contributed by atoms with Crippen LogP contribution in [0.2, 0.25) is 0 Å². The summed E-state index contributed by atoms with van der Waals surface area (Å²) in [5.41, 5.74) is 4.74. The second-order valence-electron chi connectivity index (χ2n) is 10.2. The molecule has 9 heteroatoms. The molecule has 1 atom stereocenters. The van der Waals surface area contributed by atoms with Crippen LogP contribution in [-0.2, 0) is 30.4 Å². The lowest BCUT2D eigenvalue weighted by Gasteiger charge is -2.30. The van der Waals surface area contributed by atoms with Crippen LogP contribution in [0.15, 0.2) is 66.9 Å². The van der Waals surface area contributed by atoms with Crippen molar-refractivity contribution in [1.82, 2.24) is 19.9 Å². The fourth-order valence-electron chi connectivity index (χ4n) is 5.28. The first-order chi connectivity index (χ1) is 19.3. The standard InChI is InChI=1S/C31H25F2N5O2/c1-31(16-34)17-40-15-20-7-6-18(10-24(20)31)30(39)36-14-21-11-26-19(13-35-21)8-9-25(37-26)22-4-3-5-27-23(22)12-28(29(32)33)38(27)2/h3-13,29H,14-15,17H2,1-2H3,(H,36,39)/t31-/m1/s1. The molecule has 4 heterocycles. The van der Waals surface area contributed by atoms with Gasteiger partial charge in [-0.3, -0.25) is 9.78 Å². The lowest BCUT2D eigenvalue weighted by molar-refractivity contribution is 0.0757. The van der Waals surface area contributed by atoms with Crippen LogP contribution >= 0.6 is 0 Å². The minimum Gasteiger partial charge on any atom is -0.375 e. The number of aromatic nitrogens is 3. The smallest absolute Gasteiger partial charge is 0.278 e. The maximum Gasteiger partial charge on any atom is 0.278 e. The Bertz CT molecular complexity index is 1840. The van der Waals surface area contributed by atoms with E-state index in [4.69, 9.17) is 9.72 Å². The van der Waals surface area contributed by atoms with E-state index in [-0.39, 0.29) is 24.8 Å². The fraction of sp³-hybridized carbons (Fsp3) is 0.226. The van der Waals surface area contributed by atoms with Gasteiger partial charge in [-0.15, -0.1) is 0 Å². The van der Waals surface area contributed by atoms with Crippen LogP contribution in [0.5, 0.6) is 0 Å². The molecule has 0 saturated carbocycles. The maximum absolute atomic E-state index is 13.5. The SMILES string of the molecule is Cn1c(C(F)F)cc2c(-c3ccc4cnc(CNC(=O)c5ccc6c(c5)[C@](C)(C#N)COC6)cc4n3)cccc21. The van der Waals surface area contributed by atoms with E-state index >= 15 is 0 Å². The summed E-state index contributed by atoms with van der Waals surface area (Å²) in [7, 11) is 1.63. The number of alkyl halides is 2. The first-order valence-electron chi connectivity index (χ1n) is 12.8. The van der Waals surface area contributed by atoms with Gasteiger partial charge >= 0.3 is 0 Å².